The second-order valence-corrected chi connectivity index (χ2v) is 5.57. The smallest absolute Gasteiger partial charge is 0.240 e. The lowest BCUT2D eigenvalue weighted by Crippen LogP contribution is -2.40. The van der Waals surface area contributed by atoms with Crippen molar-refractivity contribution in [3.63, 3.8) is 0 Å². The van der Waals surface area contributed by atoms with E-state index in [1.807, 2.05) is 30.3 Å². The predicted molar refractivity (Wildman–Crippen MR) is 85.4 cm³/mol. The van der Waals surface area contributed by atoms with E-state index in [4.69, 9.17) is 0 Å². The summed E-state index contributed by atoms with van der Waals surface area (Å²) >= 11 is 0. The van der Waals surface area contributed by atoms with E-state index in [1.165, 1.54) is 0 Å². The molecule has 0 unspecified atom stereocenters. The van der Waals surface area contributed by atoms with Gasteiger partial charge in [-0.3, -0.25) is 4.79 Å². The van der Waals surface area contributed by atoms with Crippen LogP contribution in [-0.4, -0.2) is 5.91 Å². The van der Waals surface area contributed by atoms with E-state index in [2.05, 4.69) is 25.2 Å². The highest BCUT2D eigenvalue weighted by molar-refractivity contribution is 5.85. The molecule has 1 rings (SSSR count). The van der Waals surface area contributed by atoms with E-state index in [-0.39, 0.29) is 5.91 Å². The number of nitrogens with one attached hydrogen (secondary N) is 1. The SMILES string of the molecule is CCCCC(C#N)(CCCC)C(=O)NCc1ccccc1. The molecule has 0 radical (unpaired) electrons. The van der Waals surface area contributed by atoms with Crippen molar-refractivity contribution in [3.8, 4) is 6.07 Å². The molecule has 21 heavy (non-hydrogen) atoms. The van der Waals surface area contributed by atoms with Crippen molar-refractivity contribution in [1.29, 1.82) is 5.26 Å². The summed E-state index contributed by atoms with van der Waals surface area (Å²) in [6, 6.07) is 12.1. The molecular weight excluding hydrogens is 260 g/mol. The lowest BCUT2D eigenvalue weighted by atomic mass is 9.78. The Morgan fingerprint density at radius 2 is 1.71 bits per heavy atom. The summed E-state index contributed by atoms with van der Waals surface area (Å²) in [6.07, 6.45) is 5.14. The van der Waals surface area contributed by atoms with Crippen LogP contribution in [0.3, 0.4) is 0 Å². The van der Waals surface area contributed by atoms with E-state index in [0.29, 0.717) is 19.4 Å². The Kier molecular flexibility index (Phi) is 7.53. The van der Waals surface area contributed by atoms with Gasteiger partial charge in [-0.05, 0) is 18.4 Å². The van der Waals surface area contributed by atoms with Gasteiger partial charge in [0.1, 0.15) is 5.41 Å². The van der Waals surface area contributed by atoms with Gasteiger partial charge in [-0.2, -0.15) is 5.26 Å². The van der Waals surface area contributed by atoms with E-state index in [9.17, 15) is 10.1 Å². The highest BCUT2D eigenvalue weighted by Gasteiger charge is 2.37. The van der Waals surface area contributed by atoms with E-state index in [0.717, 1.165) is 31.2 Å². The van der Waals surface area contributed by atoms with Crippen LogP contribution in [0.25, 0.3) is 0 Å². The fourth-order valence-electron chi connectivity index (χ4n) is 2.42. The molecular formula is C18H26N2O. The number of rotatable bonds is 9. The zero-order valence-corrected chi connectivity index (χ0v) is 13.2. The number of carbonyl (C=O) groups is 1. The van der Waals surface area contributed by atoms with Gasteiger partial charge in [-0.1, -0.05) is 69.9 Å². The normalized spacial score (nSPS) is 10.9. The van der Waals surface area contributed by atoms with Crippen molar-refractivity contribution in [2.45, 2.75) is 58.9 Å². The first-order chi connectivity index (χ1) is 10.2. The van der Waals surface area contributed by atoms with Gasteiger partial charge in [-0.25, -0.2) is 0 Å². The molecule has 3 nitrogen and oxygen atoms in total. The first-order valence-corrected chi connectivity index (χ1v) is 7.92. The van der Waals surface area contributed by atoms with Crippen LogP contribution in [0.5, 0.6) is 0 Å². The summed E-state index contributed by atoms with van der Waals surface area (Å²) < 4.78 is 0. The first-order valence-electron chi connectivity index (χ1n) is 7.92. The number of carbonyl (C=O) groups excluding carboxylic acids is 1. The predicted octanol–water partition coefficient (Wildman–Crippen LogP) is 4.19. The molecule has 1 aromatic rings. The molecule has 0 aromatic heterocycles. The van der Waals surface area contributed by atoms with Crippen molar-refractivity contribution < 1.29 is 4.79 Å². The first kappa shape index (κ1) is 17.2. The summed E-state index contributed by atoms with van der Waals surface area (Å²) in [5.41, 5.74) is 0.199. The molecule has 0 bridgehead atoms. The van der Waals surface area contributed by atoms with Crippen molar-refractivity contribution in [3.05, 3.63) is 35.9 Å². The third-order valence-electron chi connectivity index (χ3n) is 3.86. The molecule has 0 aliphatic heterocycles. The Bertz CT molecular complexity index is 454. The molecule has 0 spiro atoms. The number of hydrogen-bond acceptors (Lipinski definition) is 2. The summed E-state index contributed by atoms with van der Waals surface area (Å²) in [5, 5.41) is 12.5. The Labute approximate surface area is 128 Å². The molecule has 3 heteroatoms. The highest BCUT2D eigenvalue weighted by Crippen LogP contribution is 2.31. The van der Waals surface area contributed by atoms with E-state index in [1.54, 1.807) is 0 Å². The monoisotopic (exact) mass is 286 g/mol. The Balaban J connectivity index is 2.71. The molecule has 0 saturated carbocycles. The number of amides is 1. The van der Waals surface area contributed by atoms with Gasteiger partial charge < -0.3 is 5.32 Å². The molecule has 114 valence electrons. The van der Waals surface area contributed by atoms with Gasteiger partial charge in [0.2, 0.25) is 5.91 Å². The molecule has 0 atom stereocenters. The molecule has 1 aromatic carbocycles. The van der Waals surface area contributed by atoms with Crippen LogP contribution in [0.15, 0.2) is 30.3 Å². The average molecular weight is 286 g/mol. The molecule has 0 saturated heterocycles. The third-order valence-corrected chi connectivity index (χ3v) is 3.86. The summed E-state index contributed by atoms with van der Waals surface area (Å²) in [6.45, 7) is 4.66. The summed E-state index contributed by atoms with van der Waals surface area (Å²) in [7, 11) is 0. The van der Waals surface area contributed by atoms with Gasteiger partial charge in [0.05, 0.1) is 6.07 Å². The lowest BCUT2D eigenvalue weighted by molar-refractivity contribution is -0.129. The number of nitriles is 1. The number of nitrogens with zero attached hydrogens (tertiary/aromatic N) is 1. The standard InChI is InChI=1S/C18H26N2O/c1-3-5-12-18(15-19,13-6-4-2)17(21)20-14-16-10-8-7-9-11-16/h7-11H,3-6,12-14H2,1-2H3,(H,20,21). The van der Waals surface area contributed by atoms with Gasteiger partial charge in [-0.15, -0.1) is 0 Å². The van der Waals surface area contributed by atoms with Crippen molar-refractivity contribution >= 4 is 5.91 Å². The maximum absolute atomic E-state index is 12.5. The average Bonchev–Trinajstić information content (AvgIpc) is 2.54. The minimum atomic E-state index is -0.860. The van der Waals surface area contributed by atoms with Gasteiger partial charge in [0, 0.05) is 6.54 Å². The molecule has 0 aliphatic rings. The second-order valence-electron chi connectivity index (χ2n) is 5.57. The van der Waals surface area contributed by atoms with Crippen LogP contribution in [0.1, 0.15) is 57.9 Å². The molecule has 1 amide bonds. The van der Waals surface area contributed by atoms with Gasteiger partial charge in [0.25, 0.3) is 0 Å². The fraction of sp³-hybridized carbons (Fsp3) is 0.556. The Morgan fingerprint density at radius 3 is 2.19 bits per heavy atom. The van der Waals surface area contributed by atoms with E-state index >= 15 is 0 Å². The van der Waals surface area contributed by atoms with Crippen molar-refractivity contribution in [2.75, 3.05) is 0 Å². The van der Waals surface area contributed by atoms with Crippen molar-refractivity contribution in [2.24, 2.45) is 5.41 Å². The van der Waals surface area contributed by atoms with Gasteiger partial charge in [0.15, 0.2) is 0 Å². The highest BCUT2D eigenvalue weighted by atomic mass is 16.2. The van der Waals surface area contributed by atoms with Crippen LogP contribution < -0.4 is 5.32 Å². The fourth-order valence-corrected chi connectivity index (χ4v) is 2.42. The molecule has 1 N–H and O–H groups in total. The minimum Gasteiger partial charge on any atom is -0.351 e. The second kappa shape index (κ2) is 9.18. The number of hydrogen-bond donors (Lipinski definition) is 1. The van der Waals surface area contributed by atoms with Crippen LogP contribution in [0.2, 0.25) is 0 Å². The largest absolute Gasteiger partial charge is 0.351 e. The zero-order valence-electron chi connectivity index (χ0n) is 13.2. The van der Waals surface area contributed by atoms with Crippen LogP contribution in [-0.2, 0) is 11.3 Å². The number of unbranched alkanes of at least 4 members (excludes halogenated alkanes) is 2. The summed E-state index contributed by atoms with van der Waals surface area (Å²) in [4.78, 5) is 12.5. The maximum Gasteiger partial charge on any atom is 0.240 e. The lowest BCUT2D eigenvalue weighted by Gasteiger charge is -2.25. The Hall–Kier alpha value is -1.82. The summed E-state index contributed by atoms with van der Waals surface area (Å²) in [5.74, 6) is -0.115. The molecule has 0 aliphatic carbocycles. The van der Waals surface area contributed by atoms with Crippen LogP contribution in [0.4, 0.5) is 0 Å². The topological polar surface area (TPSA) is 52.9 Å². The van der Waals surface area contributed by atoms with Crippen LogP contribution in [0, 0.1) is 16.7 Å². The molecule has 0 fully saturated rings. The van der Waals surface area contributed by atoms with Crippen molar-refractivity contribution in [1.82, 2.24) is 5.32 Å². The van der Waals surface area contributed by atoms with E-state index < -0.39 is 5.41 Å². The van der Waals surface area contributed by atoms with Gasteiger partial charge >= 0.3 is 0 Å². The zero-order chi connectivity index (χ0) is 15.6. The maximum atomic E-state index is 12.5. The number of benzene rings is 1. The molecule has 0 heterocycles. The third kappa shape index (κ3) is 5.23. The quantitative estimate of drug-likeness (QED) is 0.740. The Morgan fingerprint density at radius 1 is 1.14 bits per heavy atom. The minimum absolute atomic E-state index is 0.115. The van der Waals surface area contributed by atoms with Crippen LogP contribution >= 0.6 is 0 Å².